The van der Waals surface area contributed by atoms with Crippen molar-refractivity contribution in [3.63, 3.8) is 0 Å². The quantitative estimate of drug-likeness (QED) is 0.683. The number of pyridine rings is 1. The number of rotatable bonds is 4. The summed E-state index contributed by atoms with van der Waals surface area (Å²) in [7, 11) is 0. The zero-order valence-corrected chi connectivity index (χ0v) is 17.5. The molecule has 1 N–H and O–H groups in total. The molecule has 1 aliphatic heterocycles. The lowest BCUT2D eigenvalue weighted by molar-refractivity contribution is -0.120. The number of anilines is 2. The standard InChI is InChI=1S/C25H26N4O/c1-3-18-5-4-6-21(14-18)28-25(30)19-9-11-29(12-10-19)24-20(15-26)16-27-23-8-7-17(2)13-22(23)24/h4-8,13-14,16,19H,3,9-12H2,1-2H3,(H,28,30). The Balaban J connectivity index is 1.50. The lowest BCUT2D eigenvalue weighted by Gasteiger charge is -2.34. The highest BCUT2D eigenvalue weighted by Gasteiger charge is 2.27. The number of piperidine rings is 1. The van der Waals surface area contributed by atoms with Crippen LogP contribution in [0, 0.1) is 24.2 Å². The minimum absolute atomic E-state index is 0.0214. The SMILES string of the molecule is CCc1cccc(NC(=O)C2CCN(c3c(C#N)cnc4ccc(C)cc34)CC2)c1. The molecule has 1 fully saturated rings. The number of amides is 1. The average molecular weight is 399 g/mol. The Hall–Kier alpha value is -3.39. The maximum absolute atomic E-state index is 12.8. The number of nitrogens with one attached hydrogen (secondary N) is 1. The monoisotopic (exact) mass is 398 g/mol. The van der Waals surface area contributed by atoms with E-state index in [1.165, 1.54) is 5.56 Å². The van der Waals surface area contributed by atoms with Gasteiger partial charge in [0.05, 0.1) is 16.8 Å². The largest absolute Gasteiger partial charge is 0.370 e. The summed E-state index contributed by atoms with van der Waals surface area (Å²) in [6, 6.07) is 16.5. The summed E-state index contributed by atoms with van der Waals surface area (Å²) in [6.45, 7) is 5.65. The molecular formula is C25H26N4O. The van der Waals surface area contributed by atoms with E-state index in [0.29, 0.717) is 5.56 Å². The lowest BCUT2D eigenvalue weighted by Crippen LogP contribution is -2.38. The Morgan fingerprint density at radius 1 is 1.23 bits per heavy atom. The molecule has 1 saturated heterocycles. The first-order valence-corrected chi connectivity index (χ1v) is 10.5. The van der Waals surface area contributed by atoms with Crippen molar-refractivity contribution in [3.05, 3.63) is 65.4 Å². The molecule has 30 heavy (non-hydrogen) atoms. The number of aryl methyl sites for hydroxylation is 2. The highest BCUT2D eigenvalue weighted by atomic mass is 16.1. The molecule has 0 spiro atoms. The molecule has 0 unspecified atom stereocenters. The number of benzene rings is 2. The van der Waals surface area contributed by atoms with Gasteiger partial charge in [0.2, 0.25) is 5.91 Å². The topological polar surface area (TPSA) is 69.0 Å². The van der Waals surface area contributed by atoms with Crippen molar-refractivity contribution in [3.8, 4) is 6.07 Å². The van der Waals surface area contributed by atoms with Crippen molar-refractivity contribution in [2.75, 3.05) is 23.3 Å². The number of nitrogens with zero attached hydrogens (tertiary/aromatic N) is 3. The van der Waals surface area contributed by atoms with Crippen molar-refractivity contribution in [2.45, 2.75) is 33.1 Å². The van der Waals surface area contributed by atoms with Gasteiger partial charge < -0.3 is 10.2 Å². The summed E-state index contributed by atoms with van der Waals surface area (Å²) >= 11 is 0. The number of nitriles is 1. The van der Waals surface area contributed by atoms with Gasteiger partial charge in [0.15, 0.2) is 0 Å². The Morgan fingerprint density at radius 2 is 2.03 bits per heavy atom. The fourth-order valence-corrected chi connectivity index (χ4v) is 4.19. The van der Waals surface area contributed by atoms with E-state index in [2.05, 4.69) is 40.3 Å². The van der Waals surface area contributed by atoms with Gasteiger partial charge in [-0.3, -0.25) is 9.78 Å². The molecule has 0 bridgehead atoms. The molecule has 5 heteroatoms. The van der Waals surface area contributed by atoms with E-state index in [1.54, 1.807) is 6.20 Å². The third-order valence-corrected chi connectivity index (χ3v) is 5.90. The van der Waals surface area contributed by atoms with E-state index >= 15 is 0 Å². The molecule has 1 amide bonds. The summed E-state index contributed by atoms with van der Waals surface area (Å²) in [5.74, 6) is 0.0609. The number of aromatic nitrogens is 1. The van der Waals surface area contributed by atoms with Crippen LogP contribution < -0.4 is 10.2 Å². The van der Waals surface area contributed by atoms with Crippen molar-refractivity contribution >= 4 is 28.2 Å². The smallest absolute Gasteiger partial charge is 0.227 e. The van der Waals surface area contributed by atoms with Gasteiger partial charge in [0, 0.05) is 36.3 Å². The van der Waals surface area contributed by atoms with Gasteiger partial charge in [-0.1, -0.05) is 30.7 Å². The van der Waals surface area contributed by atoms with Gasteiger partial charge in [-0.2, -0.15) is 5.26 Å². The number of carbonyl (C=O) groups excluding carboxylic acids is 1. The second-order valence-corrected chi connectivity index (χ2v) is 7.96. The molecule has 0 radical (unpaired) electrons. The van der Waals surface area contributed by atoms with E-state index in [-0.39, 0.29) is 11.8 Å². The molecule has 0 atom stereocenters. The van der Waals surface area contributed by atoms with Gasteiger partial charge in [-0.25, -0.2) is 0 Å². The second kappa shape index (κ2) is 8.54. The molecule has 2 aromatic carbocycles. The fourth-order valence-electron chi connectivity index (χ4n) is 4.19. The zero-order chi connectivity index (χ0) is 21.1. The maximum atomic E-state index is 12.8. The number of carbonyl (C=O) groups is 1. The van der Waals surface area contributed by atoms with Crippen LogP contribution in [0.1, 0.15) is 36.5 Å². The molecule has 5 nitrogen and oxygen atoms in total. The van der Waals surface area contributed by atoms with Crippen LogP contribution in [0.3, 0.4) is 0 Å². The lowest BCUT2D eigenvalue weighted by atomic mass is 9.94. The predicted octanol–water partition coefficient (Wildman–Crippen LogP) is 4.83. The third kappa shape index (κ3) is 3.99. The van der Waals surface area contributed by atoms with Crippen LogP contribution >= 0.6 is 0 Å². The van der Waals surface area contributed by atoms with Gasteiger partial charge in [-0.05, 0) is 56.0 Å². The van der Waals surface area contributed by atoms with E-state index < -0.39 is 0 Å². The zero-order valence-electron chi connectivity index (χ0n) is 17.5. The van der Waals surface area contributed by atoms with Gasteiger partial charge in [0.25, 0.3) is 0 Å². The molecular weight excluding hydrogens is 372 g/mol. The molecule has 3 aromatic rings. The van der Waals surface area contributed by atoms with E-state index in [4.69, 9.17) is 0 Å². The van der Waals surface area contributed by atoms with E-state index in [0.717, 1.165) is 60.2 Å². The summed E-state index contributed by atoms with van der Waals surface area (Å²) in [5, 5.41) is 13.7. The van der Waals surface area contributed by atoms with Crippen LogP contribution in [0.2, 0.25) is 0 Å². The van der Waals surface area contributed by atoms with Gasteiger partial charge in [0.1, 0.15) is 6.07 Å². The first kappa shape index (κ1) is 19.9. The molecule has 2 heterocycles. The van der Waals surface area contributed by atoms with Crippen LogP contribution in [-0.2, 0) is 11.2 Å². The Morgan fingerprint density at radius 3 is 2.77 bits per heavy atom. The Labute approximate surface area is 177 Å². The van der Waals surface area contributed by atoms with Crippen molar-refractivity contribution in [1.29, 1.82) is 5.26 Å². The Bertz CT molecular complexity index is 1120. The van der Waals surface area contributed by atoms with Gasteiger partial charge >= 0.3 is 0 Å². The summed E-state index contributed by atoms with van der Waals surface area (Å²) in [5.41, 5.74) is 5.65. The van der Waals surface area contributed by atoms with Crippen molar-refractivity contribution < 1.29 is 4.79 Å². The van der Waals surface area contributed by atoms with Crippen LogP contribution in [0.5, 0.6) is 0 Å². The van der Waals surface area contributed by atoms with E-state index in [1.807, 2.05) is 37.3 Å². The number of fused-ring (bicyclic) bond motifs is 1. The Kier molecular flexibility index (Phi) is 5.67. The normalized spacial score (nSPS) is 14.5. The maximum Gasteiger partial charge on any atom is 0.227 e. The molecule has 0 saturated carbocycles. The number of hydrogen-bond donors (Lipinski definition) is 1. The highest BCUT2D eigenvalue weighted by molar-refractivity contribution is 5.96. The van der Waals surface area contributed by atoms with Gasteiger partial charge in [-0.15, -0.1) is 0 Å². The van der Waals surface area contributed by atoms with Crippen molar-refractivity contribution in [1.82, 2.24) is 4.98 Å². The molecule has 4 rings (SSSR count). The van der Waals surface area contributed by atoms with Crippen LogP contribution in [0.4, 0.5) is 11.4 Å². The number of hydrogen-bond acceptors (Lipinski definition) is 4. The average Bonchev–Trinajstić information content (AvgIpc) is 2.78. The molecule has 1 aromatic heterocycles. The molecule has 1 aliphatic rings. The predicted molar refractivity (Wildman–Crippen MR) is 121 cm³/mol. The molecule has 152 valence electrons. The van der Waals surface area contributed by atoms with Crippen LogP contribution in [-0.4, -0.2) is 24.0 Å². The minimum Gasteiger partial charge on any atom is -0.370 e. The minimum atomic E-state index is -0.0214. The second-order valence-electron chi connectivity index (χ2n) is 7.96. The highest BCUT2D eigenvalue weighted by Crippen LogP contribution is 2.33. The summed E-state index contributed by atoms with van der Waals surface area (Å²) < 4.78 is 0. The molecule has 0 aliphatic carbocycles. The summed E-state index contributed by atoms with van der Waals surface area (Å²) in [4.78, 5) is 19.5. The fraction of sp³-hybridized carbons (Fsp3) is 0.320. The first-order chi connectivity index (χ1) is 14.6. The first-order valence-electron chi connectivity index (χ1n) is 10.5. The third-order valence-electron chi connectivity index (χ3n) is 5.90. The summed E-state index contributed by atoms with van der Waals surface area (Å²) in [6.07, 6.45) is 4.13. The van der Waals surface area contributed by atoms with Crippen molar-refractivity contribution in [2.24, 2.45) is 5.92 Å². The van der Waals surface area contributed by atoms with Crippen LogP contribution in [0.25, 0.3) is 10.9 Å². The van der Waals surface area contributed by atoms with Crippen LogP contribution in [0.15, 0.2) is 48.7 Å². The van der Waals surface area contributed by atoms with E-state index in [9.17, 15) is 10.1 Å².